The number of furan rings is 1. The van der Waals surface area contributed by atoms with E-state index in [4.69, 9.17) is 29.4 Å². The molecule has 0 spiro atoms. The average Bonchev–Trinajstić information content (AvgIpc) is 3.50. The highest BCUT2D eigenvalue weighted by molar-refractivity contribution is 6.38. The Labute approximate surface area is 291 Å². The van der Waals surface area contributed by atoms with Gasteiger partial charge in [-0.3, -0.25) is 9.98 Å². The molecular formula is C42H30F3N5O. The molecular weight excluding hydrogens is 647 g/mol. The number of nitrogens with zero attached hydrogens (tertiary/aromatic N) is 5. The molecule has 2 aromatic heterocycles. The van der Waals surface area contributed by atoms with Crippen molar-refractivity contribution in [2.45, 2.75) is 37.5 Å². The largest absolute Gasteiger partial charge is 0.456 e. The molecule has 6 aromatic rings. The minimum Gasteiger partial charge on any atom is -0.456 e. The second-order valence-electron chi connectivity index (χ2n) is 13.4. The Bertz CT molecular complexity index is 2570. The van der Waals surface area contributed by atoms with Gasteiger partial charge >= 0.3 is 6.18 Å². The third kappa shape index (κ3) is 5.40. The van der Waals surface area contributed by atoms with Crippen LogP contribution in [-0.4, -0.2) is 44.6 Å². The van der Waals surface area contributed by atoms with Gasteiger partial charge in [-0.1, -0.05) is 110 Å². The molecule has 0 radical (unpaired) electrons. The summed E-state index contributed by atoms with van der Waals surface area (Å²) in [6, 6.07) is 25.8. The van der Waals surface area contributed by atoms with Gasteiger partial charge in [0.25, 0.3) is 0 Å². The number of benzene rings is 4. The molecule has 0 saturated heterocycles. The van der Waals surface area contributed by atoms with Gasteiger partial charge in [-0.05, 0) is 41.8 Å². The third-order valence-corrected chi connectivity index (χ3v) is 9.97. The second-order valence-corrected chi connectivity index (χ2v) is 13.4. The maximum atomic E-state index is 13.6. The predicted octanol–water partition coefficient (Wildman–Crippen LogP) is 10.2. The molecule has 3 heterocycles. The fourth-order valence-corrected chi connectivity index (χ4v) is 7.21. The van der Waals surface area contributed by atoms with Crippen LogP contribution in [0.25, 0.3) is 55.5 Å². The molecule has 0 amide bonds. The molecule has 4 atom stereocenters. The molecule has 51 heavy (non-hydrogen) atoms. The fraction of sp³-hybridized carbons (Fsp3) is 0.167. The summed E-state index contributed by atoms with van der Waals surface area (Å²) in [5, 5.41) is 3.91. The number of halogens is 3. The lowest BCUT2D eigenvalue weighted by atomic mass is 9.86. The van der Waals surface area contributed by atoms with Crippen molar-refractivity contribution in [3.63, 3.8) is 0 Å². The maximum Gasteiger partial charge on any atom is 0.416 e. The van der Waals surface area contributed by atoms with Crippen LogP contribution >= 0.6 is 0 Å². The first kappa shape index (κ1) is 31.1. The predicted molar refractivity (Wildman–Crippen MR) is 196 cm³/mol. The van der Waals surface area contributed by atoms with E-state index in [1.807, 2.05) is 91.2 Å². The van der Waals surface area contributed by atoms with E-state index in [1.54, 1.807) is 13.0 Å². The van der Waals surface area contributed by atoms with Crippen LogP contribution in [0, 0.1) is 5.92 Å². The van der Waals surface area contributed by atoms with Gasteiger partial charge in [0, 0.05) is 39.6 Å². The molecule has 9 rings (SSSR count). The quantitative estimate of drug-likeness (QED) is 0.186. The van der Waals surface area contributed by atoms with Gasteiger partial charge < -0.3 is 4.42 Å². The van der Waals surface area contributed by atoms with Crippen LogP contribution in [0.2, 0.25) is 0 Å². The van der Waals surface area contributed by atoms with Gasteiger partial charge in [-0.15, -0.1) is 0 Å². The van der Waals surface area contributed by atoms with E-state index in [1.165, 1.54) is 6.08 Å². The first-order valence-electron chi connectivity index (χ1n) is 16.8. The zero-order chi connectivity index (χ0) is 34.9. The Morgan fingerprint density at radius 2 is 1.55 bits per heavy atom. The minimum atomic E-state index is -4.44. The van der Waals surface area contributed by atoms with E-state index >= 15 is 0 Å². The summed E-state index contributed by atoms with van der Waals surface area (Å²) in [6.07, 6.45) is 9.37. The van der Waals surface area contributed by atoms with Crippen LogP contribution in [-0.2, 0) is 0 Å². The SMILES string of the molecule is CC1C=C(C(F)(F)F)C=CC1c1nc(-c2ccc(C3=NC4(C)C=CC=CC4N=C3)cc2)nc(-c2cccc3oc4cc5ccccc5cc4c23)n1. The molecule has 0 saturated carbocycles. The summed E-state index contributed by atoms with van der Waals surface area (Å²) >= 11 is 0. The van der Waals surface area contributed by atoms with Crippen molar-refractivity contribution in [2.75, 3.05) is 0 Å². The number of aliphatic imine (C=N–C) groups is 2. The summed E-state index contributed by atoms with van der Waals surface area (Å²) in [4.78, 5) is 24.6. The summed E-state index contributed by atoms with van der Waals surface area (Å²) < 4.78 is 47.2. The topological polar surface area (TPSA) is 76.5 Å². The first-order valence-corrected chi connectivity index (χ1v) is 16.8. The number of hydrogen-bond donors (Lipinski definition) is 0. The van der Waals surface area contributed by atoms with Crippen LogP contribution in [0.5, 0.6) is 0 Å². The summed E-state index contributed by atoms with van der Waals surface area (Å²) in [5.74, 6) is 0.197. The van der Waals surface area contributed by atoms with Gasteiger partial charge in [0.2, 0.25) is 0 Å². The van der Waals surface area contributed by atoms with Crippen molar-refractivity contribution >= 4 is 44.6 Å². The molecule has 6 nitrogen and oxygen atoms in total. The number of allylic oxidation sites excluding steroid dienone is 6. The molecule has 3 aliphatic rings. The number of rotatable bonds is 4. The Balaban J connectivity index is 1.18. The zero-order valence-corrected chi connectivity index (χ0v) is 27.6. The lowest BCUT2D eigenvalue weighted by Crippen LogP contribution is -2.38. The van der Waals surface area contributed by atoms with E-state index in [0.29, 0.717) is 23.1 Å². The van der Waals surface area contributed by atoms with Crippen molar-refractivity contribution in [1.82, 2.24) is 15.0 Å². The van der Waals surface area contributed by atoms with Crippen LogP contribution in [0.1, 0.15) is 31.2 Å². The third-order valence-electron chi connectivity index (χ3n) is 9.97. The van der Waals surface area contributed by atoms with Crippen LogP contribution in [0.4, 0.5) is 13.2 Å². The number of aromatic nitrogens is 3. The molecule has 4 unspecified atom stereocenters. The Morgan fingerprint density at radius 3 is 2.33 bits per heavy atom. The molecule has 9 heteroatoms. The molecule has 0 fully saturated rings. The molecule has 0 N–H and O–H groups in total. The van der Waals surface area contributed by atoms with E-state index < -0.39 is 29.1 Å². The minimum absolute atomic E-state index is 0.0404. The summed E-state index contributed by atoms with van der Waals surface area (Å²) in [5.41, 5.74) is 3.44. The molecule has 4 aromatic carbocycles. The van der Waals surface area contributed by atoms with E-state index in [9.17, 15) is 13.2 Å². The lowest BCUT2D eigenvalue weighted by molar-refractivity contribution is -0.0889. The first-order chi connectivity index (χ1) is 24.6. The number of hydrogen-bond acceptors (Lipinski definition) is 6. The summed E-state index contributed by atoms with van der Waals surface area (Å²) in [7, 11) is 0. The molecule has 0 bridgehead atoms. The lowest BCUT2D eigenvalue weighted by Gasteiger charge is -2.32. The maximum absolute atomic E-state index is 13.6. The van der Waals surface area contributed by atoms with Crippen LogP contribution in [0.15, 0.2) is 141 Å². The summed E-state index contributed by atoms with van der Waals surface area (Å²) in [6.45, 7) is 3.82. The van der Waals surface area contributed by atoms with Crippen LogP contribution < -0.4 is 0 Å². The Morgan fingerprint density at radius 1 is 0.784 bits per heavy atom. The fourth-order valence-electron chi connectivity index (χ4n) is 7.21. The van der Waals surface area contributed by atoms with Gasteiger partial charge in [-0.2, -0.15) is 13.2 Å². The smallest absolute Gasteiger partial charge is 0.416 e. The zero-order valence-electron chi connectivity index (χ0n) is 27.6. The highest BCUT2D eigenvalue weighted by atomic mass is 19.4. The van der Waals surface area contributed by atoms with Crippen molar-refractivity contribution in [3.05, 3.63) is 138 Å². The van der Waals surface area contributed by atoms with Crippen molar-refractivity contribution in [1.29, 1.82) is 0 Å². The van der Waals surface area contributed by atoms with Crippen LogP contribution in [0.3, 0.4) is 0 Å². The van der Waals surface area contributed by atoms with Gasteiger partial charge in [0.05, 0.1) is 17.3 Å². The van der Waals surface area contributed by atoms with Gasteiger partial charge in [0.1, 0.15) is 22.5 Å². The highest BCUT2D eigenvalue weighted by Crippen LogP contribution is 2.40. The van der Waals surface area contributed by atoms with Gasteiger partial charge in [0.15, 0.2) is 11.6 Å². The van der Waals surface area contributed by atoms with Gasteiger partial charge in [-0.25, -0.2) is 15.0 Å². The average molecular weight is 678 g/mol. The van der Waals surface area contributed by atoms with Crippen molar-refractivity contribution < 1.29 is 17.6 Å². The monoisotopic (exact) mass is 677 g/mol. The van der Waals surface area contributed by atoms with E-state index in [0.717, 1.165) is 55.6 Å². The number of alkyl halides is 3. The normalized spacial score (nSPS) is 22.8. The molecule has 250 valence electrons. The molecule has 2 aliphatic carbocycles. The van der Waals surface area contributed by atoms with Crippen molar-refractivity contribution in [3.8, 4) is 22.8 Å². The Hall–Kier alpha value is -5.96. The second kappa shape index (κ2) is 11.6. The van der Waals surface area contributed by atoms with Crippen molar-refractivity contribution in [2.24, 2.45) is 15.9 Å². The number of fused-ring (bicyclic) bond motifs is 5. The van der Waals surface area contributed by atoms with E-state index in [-0.39, 0.29) is 6.04 Å². The molecule has 1 aliphatic heterocycles. The standard InChI is InChI=1S/C42H30F3N5O/c1-24-20-29(42(43,44)45)17-18-30(24)39-47-38(26-15-13-25(14-16-26)33-23-46-36-12-5-6-19-41(36,2)50-33)48-40(49-39)31-10-7-11-34-37(31)32-21-27-8-3-4-9-28(27)22-35(32)51-34/h3-24,30,36H,1-2H3. The Kier molecular flexibility index (Phi) is 7.03. The van der Waals surface area contributed by atoms with E-state index in [2.05, 4.69) is 25.1 Å². The highest BCUT2D eigenvalue weighted by Gasteiger charge is 2.36.